The molecule has 1 aromatic carbocycles. The summed E-state index contributed by atoms with van der Waals surface area (Å²) in [7, 11) is 0. The monoisotopic (exact) mass is 258 g/mol. The molecule has 1 atom stereocenters. The van der Waals surface area contributed by atoms with Gasteiger partial charge >= 0.3 is 0 Å². The van der Waals surface area contributed by atoms with Crippen molar-refractivity contribution in [2.45, 2.75) is 26.3 Å². The van der Waals surface area contributed by atoms with Crippen molar-refractivity contribution in [2.75, 3.05) is 6.54 Å². The second kappa shape index (κ2) is 6.43. The van der Waals surface area contributed by atoms with Gasteiger partial charge in [0.05, 0.1) is 0 Å². The molecule has 0 aliphatic carbocycles. The highest BCUT2D eigenvalue weighted by molar-refractivity contribution is 5.22. The maximum absolute atomic E-state index is 13.0. The van der Waals surface area contributed by atoms with E-state index in [9.17, 15) is 4.39 Å². The summed E-state index contributed by atoms with van der Waals surface area (Å²) in [5, 5.41) is 3.42. The Kier molecular flexibility index (Phi) is 4.63. The molecule has 0 saturated carbocycles. The largest absolute Gasteiger partial charge is 0.310 e. The van der Waals surface area contributed by atoms with Crippen LogP contribution in [-0.2, 0) is 6.42 Å². The summed E-state index contributed by atoms with van der Waals surface area (Å²) in [6, 6.07) is 10.9. The van der Waals surface area contributed by atoms with Crippen LogP contribution in [0, 0.1) is 12.7 Å². The molecule has 1 aromatic heterocycles. The minimum absolute atomic E-state index is 0.167. The zero-order valence-electron chi connectivity index (χ0n) is 11.4. The van der Waals surface area contributed by atoms with Crippen molar-refractivity contribution < 1.29 is 4.39 Å². The number of aromatic nitrogens is 1. The van der Waals surface area contributed by atoms with Crippen LogP contribution in [0.25, 0.3) is 0 Å². The number of likely N-dealkylation sites (N-methyl/N-ethyl adjacent to an activating group) is 1. The molecule has 2 rings (SSSR count). The van der Waals surface area contributed by atoms with Crippen molar-refractivity contribution in [2.24, 2.45) is 0 Å². The smallest absolute Gasteiger partial charge is 0.123 e. The van der Waals surface area contributed by atoms with Crippen molar-refractivity contribution in [3.63, 3.8) is 0 Å². The highest BCUT2D eigenvalue weighted by Gasteiger charge is 2.11. The molecule has 3 heteroatoms. The van der Waals surface area contributed by atoms with Crippen LogP contribution in [0.3, 0.4) is 0 Å². The van der Waals surface area contributed by atoms with E-state index >= 15 is 0 Å². The Labute approximate surface area is 113 Å². The second-order valence-corrected chi connectivity index (χ2v) is 4.69. The molecule has 0 fully saturated rings. The summed E-state index contributed by atoms with van der Waals surface area (Å²) < 4.78 is 13.0. The molecule has 0 spiro atoms. The predicted octanol–water partition coefficient (Wildman–Crippen LogP) is 3.42. The number of aryl methyl sites for hydroxylation is 1. The Bertz CT molecular complexity index is 505. The van der Waals surface area contributed by atoms with E-state index in [4.69, 9.17) is 0 Å². The van der Waals surface area contributed by atoms with E-state index in [1.165, 1.54) is 12.1 Å². The number of pyridine rings is 1. The van der Waals surface area contributed by atoms with Crippen LogP contribution < -0.4 is 5.32 Å². The molecule has 0 radical (unpaired) electrons. The highest BCUT2D eigenvalue weighted by atomic mass is 19.1. The first-order valence-electron chi connectivity index (χ1n) is 6.59. The Morgan fingerprint density at radius 3 is 2.47 bits per heavy atom. The van der Waals surface area contributed by atoms with Gasteiger partial charge in [0.25, 0.3) is 0 Å². The third-order valence-corrected chi connectivity index (χ3v) is 3.11. The molecule has 1 heterocycles. The van der Waals surface area contributed by atoms with Crippen LogP contribution in [0.1, 0.15) is 29.8 Å². The van der Waals surface area contributed by atoms with E-state index in [0.717, 1.165) is 29.8 Å². The summed E-state index contributed by atoms with van der Waals surface area (Å²) in [4.78, 5) is 4.43. The molecule has 0 aliphatic rings. The fourth-order valence-corrected chi connectivity index (χ4v) is 2.08. The van der Waals surface area contributed by atoms with E-state index in [1.54, 1.807) is 0 Å². The molecule has 0 amide bonds. The van der Waals surface area contributed by atoms with Gasteiger partial charge in [-0.2, -0.15) is 0 Å². The zero-order chi connectivity index (χ0) is 13.7. The van der Waals surface area contributed by atoms with Gasteiger partial charge in [0.1, 0.15) is 5.82 Å². The van der Waals surface area contributed by atoms with E-state index in [1.807, 2.05) is 31.3 Å². The van der Waals surface area contributed by atoms with Gasteiger partial charge in [-0.3, -0.25) is 4.98 Å². The molecule has 0 saturated heterocycles. The number of hydrogen-bond donors (Lipinski definition) is 1. The topological polar surface area (TPSA) is 24.9 Å². The number of hydrogen-bond acceptors (Lipinski definition) is 2. The Balaban J connectivity index is 2.15. The van der Waals surface area contributed by atoms with E-state index in [-0.39, 0.29) is 11.9 Å². The molecule has 2 nitrogen and oxygen atoms in total. The SMILES string of the molecule is CCNC(Cc1ccc(C)cn1)c1ccc(F)cc1. The molecular weight excluding hydrogens is 239 g/mol. The van der Waals surface area contributed by atoms with E-state index in [0.29, 0.717) is 0 Å². The summed E-state index contributed by atoms with van der Waals surface area (Å²) in [6.45, 7) is 4.96. The minimum atomic E-state index is -0.201. The standard InChI is InChI=1S/C16H19FN2/c1-3-18-16(13-5-7-14(17)8-6-13)10-15-9-4-12(2)11-19-15/h4-9,11,16,18H,3,10H2,1-2H3. The lowest BCUT2D eigenvalue weighted by Gasteiger charge is -2.18. The van der Waals surface area contributed by atoms with Crippen LogP contribution in [0.5, 0.6) is 0 Å². The number of rotatable bonds is 5. The van der Waals surface area contributed by atoms with Gasteiger partial charge in [-0.25, -0.2) is 4.39 Å². The molecule has 0 aliphatic heterocycles. The lowest BCUT2D eigenvalue weighted by Crippen LogP contribution is -2.23. The first-order valence-corrected chi connectivity index (χ1v) is 6.59. The van der Waals surface area contributed by atoms with E-state index < -0.39 is 0 Å². The molecular formula is C16H19FN2. The normalized spacial score (nSPS) is 12.4. The Morgan fingerprint density at radius 1 is 1.16 bits per heavy atom. The molecule has 19 heavy (non-hydrogen) atoms. The van der Waals surface area contributed by atoms with Crippen LogP contribution in [-0.4, -0.2) is 11.5 Å². The number of benzene rings is 1. The fraction of sp³-hybridized carbons (Fsp3) is 0.312. The summed E-state index contributed by atoms with van der Waals surface area (Å²) in [5.41, 5.74) is 3.29. The average Bonchev–Trinajstić information content (AvgIpc) is 2.42. The van der Waals surface area contributed by atoms with Gasteiger partial charge in [0.2, 0.25) is 0 Å². The van der Waals surface area contributed by atoms with Crippen LogP contribution >= 0.6 is 0 Å². The lowest BCUT2D eigenvalue weighted by atomic mass is 10.0. The third kappa shape index (κ3) is 3.86. The van der Waals surface area contributed by atoms with Gasteiger partial charge in [-0.1, -0.05) is 25.1 Å². The average molecular weight is 258 g/mol. The van der Waals surface area contributed by atoms with Crippen molar-refractivity contribution >= 4 is 0 Å². The van der Waals surface area contributed by atoms with Gasteiger partial charge in [-0.15, -0.1) is 0 Å². The molecule has 0 bridgehead atoms. The van der Waals surface area contributed by atoms with Gasteiger partial charge in [0, 0.05) is 24.4 Å². The number of nitrogens with zero attached hydrogens (tertiary/aromatic N) is 1. The van der Waals surface area contributed by atoms with Crippen molar-refractivity contribution in [3.05, 3.63) is 65.2 Å². The maximum atomic E-state index is 13.0. The minimum Gasteiger partial charge on any atom is -0.310 e. The van der Waals surface area contributed by atoms with Crippen molar-refractivity contribution in [3.8, 4) is 0 Å². The molecule has 100 valence electrons. The maximum Gasteiger partial charge on any atom is 0.123 e. The van der Waals surface area contributed by atoms with Crippen molar-refractivity contribution in [1.82, 2.24) is 10.3 Å². The predicted molar refractivity (Wildman–Crippen MR) is 75.5 cm³/mol. The first kappa shape index (κ1) is 13.7. The van der Waals surface area contributed by atoms with Crippen molar-refractivity contribution in [1.29, 1.82) is 0 Å². The summed E-state index contributed by atoms with van der Waals surface area (Å²) in [6.07, 6.45) is 2.68. The fourth-order valence-electron chi connectivity index (χ4n) is 2.08. The number of halogens is 1. The molecule has 2 aromatic rings. The van der Waals surface area contributed by atoms with Crippen LogP contribution in [0.4, 0.5) is 4.39 Å². The van der Waals surface area contributed by atoms with Crippen LogP contribution in [0.15, 0.2) is 42.6 Å². The first-order chi connectivity index (χ1) is 9.19. The molecule has 1 N–H and O–H groups in total. The van der Waals surface area contributed by atoms with Gasteiger partial charge < -0.3 is 5.32 Å². The Hall–Kier alpha value is -1.74. The zero-order valence-corrected chi connectivity index (χ0v) is 11.4. The molecule has 1 unspecified atom stereocenters. The Morgan fingerprint density at radius 2 is 1.89 bits per heavy atom. The quantitative estimate of drug-likeness (QED) is 0.888. The highest BCUT2D eigenvalue weighted by Crippen LogP contribution is 2.18. The number of nitrogens with one attached hydrogen (secondary N) is 1. The van der Waals surface area contributed by atoms with Gasteiger partial charge in [0.15, 0.2) is 0 Å². The summed E-state index contributed by atoms with van der Waals surface area (Å²) in [5.74, 6) is -0.201. The van der Waals surface area contributed by atoms with E-state index in [2.05, 4.69) is 23.3 Å². The lowest BCUT2D eigenvalue weighted by molar-refractivity contribution is 0.542. The third-order valence-electron chi connectivity index (χ3n) is 3.11. The van der Waals surface area contributed by atoms with Gasteiger partial charge in [-0.05, 0) is 42.8 Å². The van der Waals surface area contributed by atoms with Crippen LogP contribution in [0.2, 0.25) is 0 Å². The second-order valence-electron chi connectivity index (χ2n) is 4.69. The summed E-state index contributed by atoms with van der Waals surface area (Å²) >= 11 is 0.